The Bertz CT molecular complexity index is 503. The number of hydrogen-bond donors (Lipinski definition) is 0. The lowest BCUT2D eigenvalue weighted by molar-refractivity contribution is 0.412. The lowest BCUT2D eigenvalue weighted by Crippen LogP contribution is -1.85. The molecule has 2 rings (SSSR count). The second-order valence-electron chi connectivity index (χ2n) is 2.98. The summed E-state index contributed by atoms with van der Waals surface area (Å²) in [6.45, 7) is 0. The zero-order valence-corrected chi connectivity index (χ0v) is 11.6. The second-order valence-corrected chi connectivity index (χ2v) is 5.17. The van der Waals surface area contributed by atoms with Gasteiger partial charge in [-0.05, 0) is 34.1 Å². The molecule has 84 valence electrons. The topological polar surface area (TPSA) is 35.0 Å². The van der Waals surface area contributed by atoms with E-state index in [2.05, 4.69) is 26.1 Å². The van der Waals surface area contributed by atoms with Crippen LogP contribution < -0.4 is 4.74 Å². The fourth-order valence-electron chi connectivity index (χ4n) is 1.22. The largest absolute Gasteiger partial charge is 0.496 e. The number of benzene rings is 1. The van der Waals surface area contributed by atoms with E-state index < -0.39 is 0 Å². The smallest absolute Gasteiger partial charge is 0.147 e. The number of aromatic nitrogens is 2. The highest BCUT2D eigenvalue weighted by Gasteiger charge is 2.08. The van der Waals surface area contributed by atoms with Crippen molar-refractivity contribution in [3.8, 4) is 16.3 Å². The molecule has 1 aromatic carbocycles. The van der Waals surface area contributed by atoms with Crippen LogP contribution in [-0.4, -0.2) is 17.3 Å². The molecule has 1 heterocycles. The summed E-state index contributed by atoms with van der Waals surface area (Å²) >= 11 is 10.6. The molecule has 0 bridgehead atoms. The maximum atomic E-state index is 5.69. The summed E-state index contributed by atoms with van der Waals surface area (Å²) in [5.41, 5.74) is 1.00. The number of hydrogen-bond acceptors (Lipinski definition) is 4. The van der Waals surface area contributed by atoms with Crippen molar-refractivity contribution in [3.05, 3.63) is 27.7 Å². The number of halogens is 2. The van der Waals surface area contributed by atoms with Gasteiger partial charge in [-0.15, -0.1) is 21.8 Å². The summed E-state index contributed by atoms with van der Waals surface area (Å²) in [5.74, 6) is 1.19. The average Bonchev–Trinajstić information content (AvgIpc) is 2.77. The quantitative estimate of drug-likeness (QED) is 0.809. The third-order valence-electron chi connectivity index (χ3n) is 1.98. The van der Waals surface area contributed by atoms with Crippen LogP contribution in [-0.2, 0) is 5.88 Å². The molecule has 0 saturated heterocycles. The third kappa shape index (κ3) is 2.36. The molecule has 6 heteroatoms. The summed E-state index contributed by atoms with van der Waals surface area (Å²) in [4.78, 5) is 0. The van der Waals surface area contributed by atoms with Crippen LogP contribution in [0.25, 0.3) is 10.6 Å². The van der Waals surface area contributed by atoms with Crippen molar-refractivity contribution in [3.63, 3.8) is 0 Å². The van der Waals surface area contributed by atoms with Gasteiger partial charge in [-0.2, -0.15) is 0 Å². The Balaban J connectivity index is 2.37. The fourth-order valence-corrected chi connectivity index (χ4v) is 2.67. The molecule has 0 spiro atoms. The van der Waals surface area contributed by atoms with Gasteiger partial charge in [0.1, 0.15) is 15.8 Å². The first-order chi connectivity index (χ1) is 7.74. The molecule has 16 heavy (non-hydrogen) atoms. The van der Waals surface area contributed by atoms with E-state index in [0.29, 0.717) is 5.88 Å². The number of alkyl halides is 1. The van der Waals surface area contributed by atoms with Crippen molar-refractivity contribution in [1.82, 2.24) is 10.2 Å². The molecule has 3 nitrogen and oxygen atoms in total. The van der Waals surface area contributed by atoms with Crippen LogP contribution in [0.2, 0.25) is 0 Å². The predicted octanol–water partition coefficient (Wildman–Crippen LogP) is 3.72. The zero-order valence-electron chi connectivity index (χ0n) is 8.41. The Morgan fingerprint density at radius 2 is 2.25 bits per heavy atom. The molecule has 0 aliphatic carbocycles. The molecular formula is C10H8BrClN2OS. The van der Waals surface area contributed by atoms with E-state index in [9.17, 15) is 0 Å². The number of methoxy groups -OCH3 is 1. The van der Waals surface area contributed by atoms with Crippen LogP contribution in [0.15, 0.2) is 22.7 Å². The summed E-state index contributed by atoms with van der Waals surface area (Å²) in [6.07, 6.45) is 0. The highest BCUT2D eigenvalue weighted by Crippen LogP contribution is 2.31. The molecule has 0 aliphatic rings. The maximum absolute atomic E-state index is 5.69. The van der Waals surface area contributed by atoms with Crippen molar-refractivity contribution < 1.29 is 4.74 Å². The summed E-state index contributed by atoms with van der Waals surface area (Å²) in [7, 11) is 1.64. The van der Waals surface area contributed by atoms with Crippen molar-refractivity contribution in [2.75, 3.05) is 7.11 Å². The van der Waals surface area contributed by atoms with E-state index in [1.54, 1.807) is 7.11 Å². The molecule has 0 aliphatic heterocycles. The zero-order chi connectivity index (χ0) is 11.5. The van der Waals surface area contributed by atoms with Gasteiger partial charge in [-0.25, -0.2) is 0 Å². The van der Waals surface area contributed by atoms with Crippen molar-refractivity contribution in [2.24, 2.45) is 0 Å². The summed E-state index contributed by atoms with van der Waals surface area (Å²) < 4.78 is 6.06. The first-order valence-corrected chi connectivity index (χ1v) is 6.61. The van der Waals surface area contributed by atoms with Crippen LogP contribution in [0.4, 0.5) is 0 Å². The predicted molar refractivity (Wildman–Crippen MR) is 69.2 cm³/mol. The van der Waals surface area contributed by atoms with Crippen LogP contribution in [0.1, 0.15) is 5.01 Å². The van der Waals surface area contributed by atoms with E-state index in [0.717, 1.165) is 25.8 Å². The van der Waals surface area contributed by atoms with Crippen LogP contribution in [0, 0.1) is 0 Å². The van der Waals surface area contributed by atoms with E-state index >= 15 is 0 Å². The molecule has 0 radical (unpaired) electrons. The highest BCUT2D eigenvalue weighted by molar-refractivity contribution is 9.10. The van der Waals surface area contributed by atoms with Crippen molar-refractivity contribution >= 4 is 38.9 Å². The normalized spacial score (nSPS) is 10.4. The molecule has 0 unspecified atom stereocenters. The number of nitrogens with zero attached hydrogens (tertiary/aromatic N) is 2. The van der Waals surface area contributed by atoms with Gasteiger partial charge in [-0.3, -0.25) is 0 Å². The van der Waals surface area contributed by atoms with Gasteiger partial charge in [-0.1, -0.05) is 11.3 Å². The standard InChI is InChI=1S/C10H8BrClN2OS/c1-15-8-3-2-6(4-7(8)11)10-14-13-9(5-12)16-10/h2-4H,5H2,1H3. The highest BCUT2D eigenvalue weighted by atomic mass is 79.9. The Labute approximate surface area is 111 Å². The lowest BCUT2D eigenvalue weighted by atomic mass is 10.2. The van der Waals surface area contributed by atoms with Crippen LogP contribution in [0.5, 0.6) is 5.75 Å². The molecule has 0 amide bonds. The molecular weight excluding hydrogens is 312 g/mol. The molecule has 0 N–H and O–H groups in total. The molecule has 2 aromatic rings. The van der Waals surface area contributed by atoms with E-state index in [-0.39, 0.29) is 0 Å². The van der Waals surface area contributed by atoms with Gasteiger partial charge >= 0.3 is 0 Å². The molecule has 1 aromatic heterocycles. The van der Waals surface area contributed by atoms with E-state index in [1.807, 2.05) is 18.2 Å². The van der Waals surface area contributed by atoms with Gasteiger partial charge in [0.25, 0.3) is 0 Å². The average molecular weight is 320 g/mol. The number of ether oxygens (including phenoxy) is 1. The monoisotopic (exact) mass is 318 g/mol. The summed E-state index contributed by atoms with van der Waals surface area (Å²) in [6, 6.07) is 5.79. The Kier molecular flexibility index (Phi) is 3.78. The van der Waals surface area contributed by atoms with E-state index in [1.165, 1.54) is 11.3 Å². The maximum Gasteiger partial charge on any atom is 0.147 e. The van der Waals surface area contributed by atoms with E-state index in [4.69, 9.17) is 16.3 Å². The van der Waals surface area contributed by atoms with Gasteiger partial charge in [0, 0.05) is 5.56 Å². The van der Waals surface area contributed by atoms with Gasteiger partial charge in [0.05, 0.1) is 17.5 Å². The minimum Gasteiger partial charge on any atom is -0.496 e. The Morgan fingerprint density at radius 3 is 2.81 bits per heavy atom. The SMILES string of the molecule is COc1ccc(-c2nnc(CCl)s2)cc1Br. The van der Waals surface area contributed by atoms with Crippen LogP contribution >= 0.6 is 38.9 Å². The van der Waals surface area contributed by atoms with Gasteiger partial charge in [0.2, 0.25) is 0 Å². The van der Waals surface area contributed by atoms with Gasteiger partial charge in [0.15, 0.2) is 0 Å². The molecule has 0 saturated carbocycles. The molecule has 0 fully saturated rings. The second kappa shape index (κ2) is 5.12. The van der Waals surface area contributed by atoms with Gasteiger partial charge < -0.3 is 4.74 Å². The lowest BCUT2D eigenvalue weighted by Gasteiger charge is -2.03. The number of rotatable bonds is 3. The fraction of sp³-hybridized carbons (Fsp3) is 0.200. The minimum absolute atomic E-state index is 0.398. The first-order valence-electron chi connectivity index (χ1n) is 4.47. The molecule has 0 atom stereocenters. The first kappa shape index (κ1) is 11.8. The Morgan fingerprint density at radius 1 is 1.44 bits per heavy atom. The van der Waals surface area contributed by atoms with Crippen molar-refractivity contribution in [2.45, 2.75) is 5.88 Å². The minimum atomic E-state index is 0.398. The Hall–Kier alpha value is -0.650. The summed E-state index contributed by atoms with van der Waals surface area (Å²) in [5, 5.41) is 9.73. The van der Waals surface area contributed by atoms with Crippen molar-refractivity contribution in [1.29, 1.82) is 0 Å². The third-order valence-corrected chi connectivity index (χ3v) is 3.98. The van der Waals surface area contributed by atoms with Crippen LogP contribution in [0.3, 0.4) is 0 Å².